The van der Waals surface area contributed by atoms with Crippen LogP contribution in [0.4, 0.5) is 0 Å². The van der Waals surface area contributed by atoms with Crippen LogP contribution in [0.1, 0.15) is 6.42 Å². The molecule has 1 heteroatoms. The molecule has 72 valence electrons. The summed E-state index contributed by atoms with van der Waals surface area (Å²) in [7, 11) is 0. The lowest BCUT2D eigenvalue weighted by molar-refractivity contribution is -0.0512. The zero-order chi connectivity index (χ0) is 9.50. The van der Waals surface area contributed by atoms with Crippen molar-refractivity contribution in [2.45, 2.75) is 12.5 Å². The van der Waals surface area contributed by atoms with Crippen molar-refractivity contribution in [3.63, 3.8) is 0 Å². The minimum absolute atomic E-state index is 0.149. The van der Waals surface area contributed by atoms with Crippen molar-refractivity contribution >= 4 is 0 Å². The number of aliphatic hydroxyl groups excluding tert-OH is 1. The maximum Gasteiger partial charge on any atom is 0.0797 e. The minimum atomic E-state index is -0.219. The van der Waals surface area contributed by atoms with E-state index >= 15 is 0 Å². The molecule has 0 aromatic heterocycles. The van der Waals surface area contributed by atoms with Gasteiger partial charge in [-0.2, -0.15) is 0 Å². The van der Waals surface area contributed by atoms with Crippen LogP contribution in [0.3, 0.4) is 0 Å². The standard InChI is InChI=1S/C13H14O/c1-7-10-4-5-11(14)13(10)9-3-2-8(6-9)12(7)13/h2-5,8-12,14H,1,6H2/t8?,9?,10?,11-,12+,13-/m1/s1. The lowest BCUT2D eigenvalue weighted by atomic mass is 9.47. The fraction of sp³-hybridized carbons (Fsp3) is 0.538. The average molecular weight is 186 g/mol. The van der Waals surface area contributed by atoms with E-state index in [9.17, 15) is 5.11 Å². The Kier molecular flexibility index (Phi) is 1.02. The van der Waals surface area contributed by atoms with Crippen LogP contribution < -0.4 is 0 Å². The van der Waals surface area contributed by atoms with Crippen molar-refractivity contribution < 1.29 is 5.11 Å². The molecule has 4 aliphatic carbocycles. The molecule has 0 saturated heterocycles. The van der Waals surface area contributed by atoms with E-state index in [1.54, 1.807) is 0 Å². The molecule has 4 rings (SSSR count). The van der Waals surface area contributed by atoms with Gasteiger partial charge in [-0.05, 0) is 24.2 Å². The van der Waals surface area contributed by atoms with Gasteiger partial charge in [0.2, 0.25) is 0 Å². The molecular formula is C13H14O. The van der Waals surface area contributed by atoms with Gasteiger partial charge in [0, 0.05) is 11.3 Å². The maximum atomic E-state index is 10.2. The topological polar surface area (TPSA) is 20.2 Å². The summed E-state index contributed by atoms with van der Waals surface area (Å²) in [4.78, 5) is 0. The lowest BCUT2D eigenvalue weighted by Crippen LogP contribution is -2.56. The van der Waals surface area contributed by atoms with Gasteiger partial charge < -0.3 is 5.11 Å². The summed E-state index contributed by atoms with van der Waals surface area (Å²) >= 11 is 0. The Morgan fingerprint density at radius 2 is 2.14 bits per heavy atom. The smallest absolute Gasteiger partial charge is 0.0797 e. The fourth-order valence-electron chi connectivity index (χ4n) is 4.65. The minimum Gasteiger partial charge on any atom is -0.388 e. The summed E-state index contributed by atoms with van der Waals surface area (Å²) < 4.78 is 0. The molecule has 1 nitrogen and oxygen atoms in total. The van der Waals surface area contributed by atoms with Gasteiger partial charge in [0.15, 0.2) is 0 Å². The highest BCUT2D eigenvalue weighted by atomic mass is 16.3. The molecule has 4 aliphatic rings. The zero-order valence-electron chi connectivity index (χ0n) is 8.06. The first-order valence-electron chi connectivity index (χ1n) is 5.49. The highest BCUT2D eigenvalue weighted by Gasteiger charge is 2.71. The quantitative estimate of drug-likeness (QED) is 0.573. The summed E-state index contributed by atoms with van der Waals surface area (Å²) in [5.41, 5.74) is 1.52. The molecule has 2 saturated carbocycles. The van der Waals surface area contributed by atoms with Crippen LogP contribution in [0.5, 0.6) is 0 Å². The van der Waals surface area contributed by atoms with Gasteiger partial charge in [0.1, 0.15) is 0 Å². The van der Waals surface area contributed by atoms with Gasteiger partial charge in [0.05, 0.1) is 6.10 Å². The summed E-state index contributed by atoms with van der Waals surface area (Å²) in [6.45, 7) is 4.20. The number of rotatable bonds is 0. The van der Waals surface area contributed by atoms with E-state index in [4.69, 9.17) is 0 Å². The number of aliphatic hydroxyl groups is 1. The Labute approximate surface area is 83.8 Å². The second-order valence-corrected chi connectivity index (χ2v) is 5.25. The molecule has 14 heavy (non-hydrogen) atoms. The average Bonchev–Trinajstić information content (AvgIpc) is 2.78. The number of hydrogen-bond donors (Lipinski definition) is 1. The van der Waals surface area contributed by atoms with Gasteiger partial charge in [-0.15, -0.1) is 0 Å². The molecule has 2 fully saturated rings. The van der Waals surface area contributed by atoms with Crippen molar-refractivity contribution in [3.05, 3.63) is 36.5 Å². The molecule has 0 amide bonds. The SMILES string of the molecule is C=C1C2C=C[C@@H](O)[C@@]23C2C=CC(C2)[C@H]13. The van der Waals surface area contributed by atoms with Crippen LogP contribution in [-0.4, -0.2) is 11.2 Å². The first-order valence-corrected chi connectivity index (χ1v) is 5.49. The molecule has 2 bridgehead atoms. The third kappa shape index (κ3) is 0.479. The summed E-state index contributed by atoms with van der Waals surface area (Å²) in [5, 5.41) is 10.2. The Balaban J connectivity index is 1.93. The zero-order valence-corrected chi connectivity index (χ0v) is 8.06. The number of fused-ring (bicyclic) bond motifs is 3. The van der Waals surface area contributed by atoms with Gasteiger partial charge in [-0.25, -0.2) is 0 Å². The molecule has 1 N–H and O–H groups in total. The molecule has 3 unspecified atom stereocenters. The van der Waals surface area contributed by atoms with Gasteiger partial charge >= 0.3 is 0 Å². The van der Waals surface area contributed by atoms with Crippen molar-refractivity contribution in [1.82, 2.24) is 0 Å². The van der Waals surface area contributed by atoms with E-state index in [1.807, 2.05) is 6.08 Å². The second kappa shape index (κ2) is 1.92. The Bertz CT molecular complexity index is 392. The first-order chi connectivity index (χ1) is 6.76. The predicted octanol–water partition coefficient (Wildman–Crippen LogP) is 1.91. The Morgan fingerprint density at radius 1 is 1.29 bits per heavy atom. The third-order valence-corrected chi connectivity index (χ3v) is 5.06. The van der Waals surface area contributed by atoms with Crippen molar-refractivity contribution in [3.8, 4) is 0 Å². The molecular weight excluding hydrogens is 172 g/mol. The summed E-state index contributed by atoms with van der Waals surface area (Å²) in [6, 6.07) is 0. The normalized spacial score (nSPS) is 61.5. The molecule has 1 spiro atoms. The van der Waals surface area contributed by atoms with Crippen molar-refractivity contribution in [2.24, 2.45) is 29.1 Å². The van der Waals surface area contributed by atoms with Crippen molar-refractivity contribution in [1.29, 1.82) is 0 Å². The first kappa shape index (κ1) is 7.47. The number of allylic oxidation sites excluding steroid dienone is 4. The molecule has 0 aromatic rings. The predicted molar refractivity (Wildman–Crippen MR) is 54.4 cm³/mol. The van der Waals surface area contributed by atoms with Crippen LogP contribution in [0.25, 0.3) is 0 Å². The van der Waals surface area contributed by atoms with Gasteiger partial charge in [0.25, 0.3) is 0 Å². The largest absolute Gasteiger partial charge is 0.388 e. The summed E-state index contributed by atoms with van der Waals surface area (Å²) in [5.74, 6) is 2.34. The van der Waals surface area contributed by atoms with E-state index in [0.717, 1.165) is 0 Å². The van der Waals surface area contributed by atoms with Gasteiger partial charge in [-0.3, -0.25) is 0 Å². The lowest BCUT2D eigenvalue weighted by Gasteiger charge is -2.57. The molecule has 6 atom stereocenters. The van der Waals surface area contributed by atoms with E-state index < -0.39 is 0 Å². The Morgan fingerprint density at radius 3 is 3.00 bits per heavy atom. The third-order valence-electron chi connectivity index (χ3n) is 5.06. The highest BCUT2D eigenvalue weighted by Crippen LogP contribution is 2.74. The monoisotopic (exact) mass is 186 g/mol. The van der Waals surface area contributed by atoms with E-state index in [1.165, 1.54) is 12.0 Å². The van der Waals surface area contributed by atoms with Gasteiger partial charge in [-0.1, -0.05) is 36.5 Å². The van der Waals surface area contributed by atoms with Crippen molar-refractivity contribution in [2.75, 3.05) is 0 Å². The van der Waals surface area contributed by atoms with Crippen LogP contribution in [0.2, 0.25) is 0 Å². The van der Waals surface area contributed by atoms with E-state index in [-0.39, 0.29) is 11.5 Å². The summed E-state index contributed by atoms with van der Waals surface area (Å²) in [6.07, 6.45) is 9.87. The molecule has 0 aliphatic heterocycles. The molecule has 0 radical (unpaired) electrons. The highest BCUT2D eigenvalue weighted by molar-refractivity contribution is 5.47. The van der Waals surface area contributed by atoms with Crippen LogP contribution in [-0.2, 0) is 0 Å². The van der Waals surface area contributed by atoms with E-state index in [2.05, 4.69) is 24.8 Å². The van der Waals surface area contributed by atoms with Crippen LogP contribution in [0.15, 0.2) is 36.5 Å². The molecule has 0 heterocycles. The maximum absolute atomic E-state index is 10.2. The second-order valence-electron chi connectivity index (χ2n) is 5.25. The van der Waals surface area contributed by atoms with Crippen LogP contribution >= 0.6 is 0 Å². The Hall–Kier alpha value is -0.820. The number of hydrogen-bond acceptors (Lipinski definition) is 1. The fourth-order valence-corrected chi connectivity index (χ4v) is 4.65. The molecule has 0 aromatic carbocycles. The van der Waals surface area contributed by atoms with Crippen LogP contribution in [0, 0.1) is 29.1 Å². The van der Waals surface area contributed by atoms with E-state index in [0.29, 0.717) is 23.7 Å².